The van der Waals surface area contributed by atoms with Gasteiger partial charge in [-0.05, 0) is 6.07 Å². The molecule has 0 unspecified atom stereocenters. The summed E-state index contributed by atoms with van der Waals surface area (Å²) in [5.74, 6) is -1.60. The largest absolute Gasteiger partial charge is 0.326 e. The van der Waals surface area contributed by atoms with Gasteiger partial charge in [0.2, 0.25) is 5.91 Å². The Bertz CT molecular complexity index is 505. The first-order valence-electron chi connectivity index (χ1n) is 5.48. The van der Waals surface area contributed by atoms with Crippen molar-refractivity contribution < 1.29 is 18.4 Å². The van der Waals surface area contributed by atoms with Crippen LogP contribution in [0.15, 0.2) is 18.2 Å². The molecular formula is C12H12F2N2O2. The SMILES string of the molecule is CN1C(=O)CCN(Cc2ccc(F)cc2F)C1=O. The quantitative estimate of drug-likeness (QED) is 0.806. The lowest BCUT2D eigenvalue weighted by molar-refractivity contribution is -0.129. The fourth-order valence-electron chi connectivity index (χ4n) is 1.81. The Hall–Kier alpha value is -1.98. The number of halogens is 2. The van der Waals surface area contributed by atoms with E-state index in [9.17, 15) is 18.4 Å². The second-order valence-corrected chi connectivity index (χ2v) is 4.14. The van der Waals surface area contributed by atoms with Crippen LogP contribution in [0.1, 0.15) is 12.0 Å². The van der Waals surface area contributed by atoms with Gasteiger partial charge in [-0.1, -0.05) is 6.07 Å². The predicted octanol–water partition coefficient (Wildman–Crippen LogP) is 1.75. The second kappa shape index (κ2) is 4.72. The lowest BCUT2D eigenvalue weighted by Gasteiger charge is -2.32. The molecule has 6 heteroatoms. The molecule has 1 aliphatic heterocycles. The minimum Gasteiger partial charge on any atom is -0.319 e. The van der Waals surface area contributed by atoms with Crippen molar-refractivity contribution in [1.82, 2.24) is 9.80 Å². The summed E-state index contributed by atoms with van der Waals surface area (Å²) in [5, 5.41) is 0. The smallest absolute Gasteiger partial charge is 0.319 e. The van der Waals surface area contributed by atoms with Crippen LogP contribution in [0.5, 0.6) is 0 Å². The van der Waals surface area contributed by atoms with Crippen LogP contribution in [0.4, 0.5) is 13.6 Å². The molecule has 0 N–H and O–H groups in total. The van der Waals surface area contributed by atoms with Crippen molar-refractivity contribution >= 4 is 11.9 Å². The summed E-state index contributed by atoms with van der Waals surface area (Å²) in [6, 6.07) is 2.75. The van der Waals surface area contributed by atoms with E-state index in [1.54, 1.807) is 0 Å². The normalized spacial score (nSPS) is 16.4. The lowest BCUT2D eigenvalue weighted by Crippen LogP contribution is -2.49. The molecule has 1 aromatic carbocycles. The van der Waals surface area contributed by atoms with Crippen molar-refractivity contribution in [2.24, 2.45) is 0 Å². The third-order valence-electron chi connectivity index (χ3n) is 2.90. The molecule has 0 atom stereocenters. The zero-order valence-electron chi connectivity index (χ0n) is 9.82. The fraction of sp³-hybridized carbons (Fsp3) is 0.333. The maximum atomic E-state index is 13.4. The first-order chi connectivity index (χ1) is 8.49. The molecule has 1 fully saturated rings. The number of benzene rings is 1. The van der Waals surface area contributed by atoms with Gasteiger partial charge in [-0.3, -0.25) is 9.69 Å². The molecule has 18 heavy (non-hydrogen) atoms. The molecule has 0 bridgehead atoms. The van der Waals surface area contributed by atoms with Gasteiger partial charge in [-0.2, -0.15) is 0 Å². The highest BCUT2D eigenvalue weighted by atomic mass is 19.1. The molecule has 96 valence electrons. The topological polar surface area (TPSA) is 40.6 Å². The highest BCUT2D eigenvalue weighted by Crippen LogP contribution is 2.16. The number of hydrogen-bond acceptors (Lipinski definition) is 2. The zero-order valence-corrected chi connectivity index (χ0v) is 9.82. The molecule has 1 aromatic rings. The average molecular weight is 254 g/mol. The number of rotatable bonds is 2. The zero-order chi connectivity index (χ0) is 13.3. The van der Waals surface area contributed by atoms with Gasteiger partial charge < -0.3 is 4.90 Å². The third-order valence-corrected chi connectivity index (χ3v) is 2.90. The van der Waals surface area contributed by atoms with E-state index in [0.717, 1.165) is 17.0 Å². The van der Waals surface area contributed by atoms with Crippen molar-refractivity contribution in [3.8, 4) is 0 Å². The summed E-state index contributed by atoms with van der Waals surface area (Å²) in [6.07, 6.45) is 0.213. The van der Waals surface area contributed by atoms with Crippen molar-refractivity contribution in [2.75, 3.05) is 13.6 Å². The van der Waals surface area contributed by atoms with E-state index in [1.165, 1.54) is 18.0 Å². The van der Waals surface area contributed by atoms with Crippen LogP contribution in [-0.2, 0) is 11.3 Å². The highest BCUT2D eigenvalue weighted by molar-refractivity contribution is 5.96. The van der Waals surface area contributed by atoms with E-state index in [0.29, 0.717) is 0 Å². The summed E-state index contributed by atoms with van der Waals surface area (Å²) in [5.41, 5.74) is 0.229. The molecule has 0 radical (unpaired) electrons. The standard InChI is InChI=1S/C12H12F2N2O2/c1-15-11(17)4-5-16(12(15)18)7-8-2-3-9(13)6-10(8)14/h2-3,6H,4-5,7H2,1H3. The van der Waals surface area contributed by atoms with Gasteiger partial charge in [0.25, 0.3) is 0 Å². The molecule has 0 saturated carbocycles. The van der Waals surface area contributed by atoms with Crippen molar-refractivity contribution in [2.45, 2.75) is 13.0 Å². The van der Waals surface area contributed by atoms with Gasteiger partial charge in [0, 0.05) is 31.6 Å². The molecule has 3 amide bonds. The van der Waals surface area contributed by atoms with Crippen molar-refractivity contribution in [3.05, 3.63) is 35.4 Å². The van der Waals surface area contributed by atoms with Crippen LogP contribution in [0.3, 0.4) is 0 Å². The molecule has 1 aliphatic rings. The summed E-state index contributed by atoms with van der Waals surface area (Å²) < 4.78 is 26.2. The number of nitrogens with zero attached hydrogens (tertiary/aromatic N) is 2. The molecular weight excluding hydrogens is 242 g/mol. The number of urea groups is 1. The van der Waals surface area contributed by atoms with Crippen LogP contribution < -0.4 is 0 Å². The van der Waals surface area contributed by atoms with Gasteiger partial charge >= 0.3 is 6.03 Å². The van der Waals surface area contributed by atoms with Crippen LogP contribution in [0, 0.1) is 11.6 Å². The van der Waals surface area contributed by atoms with E-state index >= 15 is 0 Å². The highest BCUT2D eigenvalue weighted by Gasteiger charge is 2.29. The first kappa shape index (κ1) is 12.5. The Labute approximate surface area is 103 Å². The number of amides is 3. The minimum atomic E-state index is -0.692. The number of imide groups is 1. The molecule has 2 rings (SSSR count). The van der Waals surface area contributed by atoms with Crippen molar-refractivity contribution in [1.29, 1.82) is 0 Å². The van der Waals surface area contributed by atoms with Gasteiger partial charge in [0.1, 0.15) is 11.6 Å². The van der Waals surface area contributed by atoms with Crippen LogP contribution in [0.25, 0.3) is 0 Å². The van der Waals surface area contributed by atoms with E-state index in [1.807, 2.05) is 0 Å². The molecule has 0 spiro atoms. The third kappa shape index (κ3) is 2.32. The first-order valence-corrected chi connectivity index (χ1v) is 5.48. The second-order valence-electron chi connectivity index (χ2n) is 4.14. The van der Waals surface area contributed by atoms with Gasteiger partial charge in [0.05, 0.1) is 6.54 Å². The summed E-state index contributed by atoms with van der Waals surface area (Å²) in [7, 11) is 1.39. The molecule has 1 heterocycles. The maximum absolute atomic E-state index is 13.4. The van der Waals surface area contributed by atoms with Gasteiger partial charge in [-0.15, -0.1) is 0 Å². The molecule has 4 nitrogen and oxygen atoms in total. The van der Waals surface area contributed by atoms with Crippen LogP contribution >= 0.6 is 0 Å². The maximum Gasteiger partial charge on any atom is 0.326 e. The van der Waals surface area contributed by atoms with E-state index in [4.69, 9.17) is 0 Å². The molecule has 1 saturated heterocycles. The summed E-state index contributed by atoms with van der Waals surface area (Å²) in [4.78, 5) is 25.4. The van der Waals surface area contributed by atoms with E-state index < -0.39 is 17.7 Å². The molecule has 0 aromatic heterocycles. The van der Waals surface area contributed by atoms with Crippen LogP contribution in [-0.4, -0.2) is 35.3 Å². The Balaban J connectivity index is 2.14. The number of hydrogen-bond donors (Lipinski definition) is 0. The Kier molecular flexibility index (Phi) is 3.27. The Morgan fingerprint density at radius 1 is 1.28 bits per heavy atom. The Morgan fingerprint density at radius 2 is 2.00 bits per heavy atom. The Morgan fingerprint density at radius 3 is 2.67 bits per heavy atom. The summed E-state index contributed by atoms with van der Waals surface area (Å²) >= 11 is 0. The predicted molar refractivity (Wildman–Crippen MR) is 59.6 cm³/mol. The van der Waals surface area contributed by atoms with Crippen molar-refractivity contribution in [3.63, 3.8) is 0 Å². The monoisotopic (exact) mass is 254 g/mol. The number of carbonyl (C=O) groups excluding carboxylic acids is 2. The number of carbonyl (C=O) groups is 2. The minimum absolute atomic E-state index is 0.0303. The van der Waals surface area contributed by atoms with Gasteiger partial charge in [0.15, 0.2) is 0 Å². The van der Waals surface area contributed by atoms with Gasteiger partial charge in [-0.25, -0.2) is 13.6 Å². The average Bonchev–Trinajstić information content (AvgIpc) is 2.33. The fourth-order valence-corrected chi connectivity index (χ4v) is 1.81. The van der Waals surface area contributed by atoms with E-state index in [-0.39, 0.29) is 31.0 Å². The summed E-state index contributed by atoms with van der Waals surface area (Å²) in [6.45, 7) is 0.279. The molecule has 0 aliphatic carbocycles. The van der Waals surface area contributed by atoms with E-state index in [2.05, 4.69) is 0 Å². The van der Waals surface area contributed by atoms with Crippen LogP contribution in [0.2, 0.25) is 0 Å². The lowest BCUT2D eigenvalue weighted by atomic mass is 10.1.